The molecule has 140 valence electrons. The number of para-hydroxylation sites is 1. The van der Waals surface area contributed by atoms with Gasteiger partial charge in [0.1, 0.15) is 11.5 Å². The van der Waals surface area contributed by atoms with Crippen molar-refractivity contribution in [3.8, 4) is 0 Å². The minimum Gasteiger partial charge on any atom is -0.382 e. The standard InChI is InChI=1S/C22H27N5/c1-2-3-8-19-26-20-21(17-6-4-5-7-18(17)25-22(20)24)27(19)14-16-11-9-15(13-23)10-12-16/h4-7,9-12,19,26H,2-3,8,13-14,23H2,1H3,(H2,24,25). The van der Waals surface area contributed by atoms with E-state index in [0.29, 0.717) is 12.4 Å². The molecule has 2 heterocycles. The first-order chi connectivity index (χ1) is 13.2. The van der Waals surface area contributed by atoms with Crippen molar-refractivity contribution in [3.05, 3.63) is 59.7 Å². The molecule has 0 saturated carbocycles. The van der Waals surface area contributed by atoms with Gasteiger partial charge in [0.05, 0.1) is 17.4 Å². The summed E-state index contributed by atoms with van der Waals surface area (Å²) >= 11 is 0. The molecule has 4 rings (SSSR count). The highest BCUT2D eigenvalue weighted by Gasteiger charge is 2.32. The fourth-order valence-corrected chi connectivity index (χ4v) is 3.85. The number of nitrogens with zero attached hydrogens (tertiary/aromatic N) is 2. The van der Waals surface area contributed by atoms with Crippen LogP contribution in [0, 0.1) is 0 Å². The number of aromatic nitrogens is 1. The number of pyridine rings is 1. The molecule has 0 fully saturated rings. The van der Waals surface area contributed by atoms with E-state index in [1.54, 1.807) is 0 Å². The lowest BCUT2D eigenvalue weighted by Gasteiger charge is -2.27. The Balaban J connectivity index is 1.76. The van der Waals surface area contributed by atoms with Crippen LogP contribution in [0.3, 0.4) is 0 Å². The van der Waals surface area contributed by atoms with Gasteiger partial charge >= 0.3 is 0 Å². The molecule has 1 aromatic heterocycles. The van der Waals surface area contributed by atoms with Gasteiger partial charge in [-0.15, -0.1) is 0 Å². The van der Waals surface area contributed by atoms with Gasteiger partial charge in [0.2, 0.25) is 0 Å². The zero-order chi connectivity index (χ0) is 18.8. The summed E-state index contributed by atoms with van der Waals surface area (Å²) in [6, 6.07) is 16.8. The van der Waals surface area contributed by atoms with E-state index in [4.69, 9.17) is 11.5 Å². The van der Waals surface area contributed by atoms with Gasteiger partial charge in [0.25, 0.3) is 0 Å². The highest BCUT2D eigenvalue weighted by molar-refractivity contribution is 6.04. The molecule has 5 nitrogen and oxygen atoms in total. The van der Waals surface area contributed by atoms with Gasteiger partial charge in [-0.05, 0) is 30.0 Å². The van der Waals surface area contributed by atoms with Crippen LogP contribution in [-0.4, -0.2) is 11.1 Å². The molecule has 0 aliphatic carbocycles. The van der Waals surface area contributed by atoms with Gasteiger partial charge in [-0.1, -0.05) is 55.8 Å². The number of benzene rings is 2. The van der Waals surface area contributed by atoms with Crippen molar-refractivity contribution in [2.24, 2.45) is 5.73 Å². The van der Waals surface area contributed by atoms with Gasteiger partial charge in [-0.3, -0.25) is 0 Å². The molecular formula is C22H27N5. The molecule has 27 heavy (non-hydrogen) atoms. The number of nitrogens with one attached hydrogen (secondary N) is 1. The molecule has 0 saturated heterocycles. The number of unbranched alkanes of at least 4 members (excludes halogenated alkanes) is 1. The van der Waals surface area contributed by atoms with E-state index in [2.05, 4.69) is 58.5 Å². The first-order valence-corrected chi connectivity index (χ1v) is 9.70. The van der Waals surface area contributed by atoms with Crippen molar-refractivity contribution in [2.75, 3.05) is 16.0 Å². The minimum atomic E-state index is 0.226. The second-order valence-electron chi connectivity index (χ2n) is 7.19. The fraction of sp³-hybridized carbons (Fsp3) is 0.318. The number of rotatable bonds is 6. The van der Waals surface area contributed by atoms with Crippen LogP contribution in [0.4, 0.5) is 17.2 Å². The summed E-state index contributed by atoms with van der Waals surface area (Å²) in [5, 5.41) is 4.79. The summed E-state index contributed by atoms with van der Waals surface area (Å²) in [5.74, 6) is 0.575. The highest BCUT2D eigenvalue weighted by atomic mass is 15.3. The van der Waals surface area contributed by atoms with E-state index in [1.807, 2.05) is 12.1 Å². The molecule has 1 unspecified atom stereocenters. The van der Waals surface area contributed by atoms with E-state index in [0.717, 1.165) is 35.1 Å². The molecule has 2 aromatic carbocycles. The number of hydrogen-bond donors (Lipinski definition) is 3. The van der Waals surface area contributed by atoms with Gasteiger partial charge < -0.3 is 21.7 Å². The lowest BCUT2D eigenvalue weighted by molar-refractivity contribution is 0.585. The molecular weight excluding hydrogens is 334 g/mol. The number of nitrogens with two attached hydrogens (primary N) is 2. The second kappa shape index (κ2) is 7.45. The van der Waals surface area contributed by atoms with Crippen molar-refractivity contribution in [1.82, 2.24) is 4.98 Å². The first-order valence-electron chi connectivity index (χ1n) is 9.70. The van der Waals surface area contributed by atoms with Gasteiger partial charge in [0.15, 0.2) is 0 Å². The van der Waals surface area contributed by atoms with Crippen molar-refractivity contribution in [2.45, 2.75) is 45.4 Å². The van der Waals surface area contributed by atoms with E-state index in [1.165, 1.54) is 24.1 Å². The summed E-state index contributed by atoms with van der Waals surface area (Å²) in [6.45, 7) is 3.62. The number of anilines is 3. The van der Waals surface area contributed by atoms with Gasteiger partial charge in [0, 0.05) is 18.5 Å². The second-order valence-corrected chi connectivity index (χ2v) is 7.19. The quantitative estimate of drug-likeness (QED) is 0.612. The van der Waals surface area contributed by atoms with Crippen molar-refractivity contribution >= 4 is 28.1 Å². The largest absolute Gasteiger partial charge is 0.382 e. The summed E-state index contributed by atoms with van der Waals surface area (Å²) in [5.41, 5.74) is 17.5. The Morgan fingerprint density at radius 1 is 1.07 bits per heavy atom. The zero-order valence-electron chi connectivity index (χ0n) is 15.8. The predicted molar refractivity (Wildman–Crippen MR) is 114 cm³/mol. The molecule has 1 aliphatic heterocycles. The molecule has 3 aromatic rings. The van der Waals surface area contributed by atoms with Crippen LogP contribution in [0.5, 0.6) is 0 Å². The summed E-state index contributed by atoms with van der Waals surface area (Å²) < 4.78 is 0. The van der Waals surface area contributed by atoms with Gasteiger partial charge in [-0.25, -0.2) is 4.98 Å². The first kappa shape index (κ1) is 17.6. The third-order valence-corrected chi connectivity index (χ3v) is 5.31. The number of fused-ring (bicyclic) bond motifs is 3. The Kier molecular flexibility index (Phi) is 4.86. The molecule has 1 atom stereocenters. The van der Waals surface area contributed by atoms with Crippen molar-refractivity contribution in [3.63, 3.8) is 0 Å². The van der Waals surface area contributed by atoms with Gasteiger partial charge in [-0.2, -0.15) is 0 Å². The van der Waals surface area contributed by atoms with Crippen LogP contribution in [0.2, 0.25) is 0 Å². The Morgan fingerprint density at radius 3 is 2.56 bits per heavy atom. The summed E-state index contributed by atoms with van der Waals surface area (Å²) in [6.07, 6.45) is 3.63. The average Bonchev–Trinajstić information content (AvgIpc) is 3.06. The van der Waals surface area contributed by atoms with E-state index < -0.39 is 0 Å². The Morgan fingerprint density at radius 2 is 1.81 bits per heavy atom. The van der Waals surface area contributed by atoms with Crippen LogP contribution in [0.1, 0.15) is 37.3 Å². The summed E-state index contributed by atoms with van der Waals surface area (Å²) in [4.78, 5) is 7.05. The number of nitrogen functional groups attached to an aromatic ring is 1. The third kappa shape index (κ3) is 3.30. The Bertz CT molecular complexity index is 935. The molecule has 5 N–H and O–H groups in total. The SMILES string of the molecule is CCCCC1Nc2c(N)nc3ccccc3c2N1Cc1ccc(CN)cc1. The molecule has 0 bridgehead atoms. The Hall–Kier alpha value is -2.79. The predicted octanol–water partition coefficient (Wildman–Crippen LogP) is 4.22. The molecule has 0 spiro atoms. The van der Waals surface area contributed by atoms with Crippen LogP contribution < -0.4 is 21.7 Å². The molecule has 1 aliphatic rings. The number of hydrogen-bond acceptors (Lipinski definition) is 5. The normalized spacial score (nSPS) is 15.8. The lowest BCUT2D eigenvalue weighted by atomic mass is 10.1. The van der Waals surface area contributed by atoms with Crippen LogP contribution in [0.25, 0.3) is 10.9 Å². The Labute approximate surface area is 160 Å². The van der Waals surface area contributed by atoms with E-state index in [-0.39, 0.29) is 6.17 Å². The molecule has 5 heteroatoms. The third-order valence-electron chi connectivity index (χ3n) is 5.31. The maximum absolute atomic E-state index is 6.31. The smallest absolute Gasteiger partial charge is 0.149 e. The van der Waals surface area contributed by atoms with Crippen molar-refractivity contribution < 1.29 is 0 Å². The van der Waals surface area contributed by atoms with E-state index in [9.17, 15) is 0 Å². The molecule has 0 amide bonds. The van der Waals surface area contributed by atoms with Crippen LogP contribution >= 0.6 is 0 Å². The zero-order valence-corrected chi connectivity index (χ0v) is 15.8. The maximum atomic E-state index is 6.31. The minimum absolute atomic E-state index is 0.226. The van der Waals surface area contributed by atoms with Crippen LogP contribution in [0.15, 0.2) is 48.5 Å². The fourth-order valence-electron chi connectivity index (χ4n) is 3.85. The monoisotopic (exact) mass is 361 g/mol. The highest BCUT2D eigenvalue weighted by Crippen LogP contribution is 2.44. The summed E-state index contributed by atoms with van der Waals surface area (Å²) in [7, 11) is 0. The van der Waals surface area contributed by atoms with E-state index >= 15 is 0 Å². The topological polar surface area (TPSA) is 80.2 Å². The molecule has 0 radical (unpaired) electrons. The average molecular weight is 361 g/mol. The lowest BCUT2D eigenvalue weighted by Crippen LogP contribution is -2.35. The van der Waals surface area contributed by atoms with Crippen molar-refractivity contribution in [1.29, 1.82) is 0 Å². The van der Waals surface area contributed by atoms with Crippen LogP contribution in [-0.2, 0) is 13.1 Å². The maximum Gasteiger partial charge on any atom is 0.149 e.